The van der Waals surface area contributed by atoms with Crippen LogP contribution in [0.5, 0.6) is 0 Å². The topological polar surface area (TPSA) is 81.3 Å². The van der Waals surface area contributed by atoms with Crippen molar-refractivity contribution in [1.82, 2.24) is 15.0 Å². The molecule has 0 amide bonds. The van der Waals surface area contributed by atoms with E-state index in [1.165, 1.54) is 0 Å². The zero-order valence-corrected chi connectivity index (χ0v) is 30.8. The number of anilines is 3. The van der Waals surface area contributed by atoms with Crippen LogP contribution in [-0.2, 0) is 0 Å². The van der Waals surface area contributed by atoms with E-state index in [1.807, 2.05) is 54.6 Å². The number of para-hydroxylation sites is 3. The van der Waals surface area contributed by atoms with Gasteiger partial charge in [-0.3, -0.25) is 0 Å². The van der Waals surface area contributed by atoms with E-state index in [1.54, 1.807) is 0 Å². The van der Waals surface area contributed by atoms with E-state index in [2.05, 4.69) is 132 Å². The average Bonchev–Trinajstić information content (AvgIpc) is 3.97. The van der Waals surface area contributed by atoms with Crippen LogP contribution in [-0.4, -0.2) is 15.0 Å². The second-order valence-electron chi connectivity index (χ2n) is 14.4. The molecular formula is C51H30N4O3. The molecule has 7 nitrogen and oxygen atoms in total. The molecule has 0 spiro atoms. The molecule has 272 valence electrons. The molecule has 0 unspecified atom stereocenters. The predicted octanol–water partition coefficient (Wildman–Crippen LogP) is 14.0. The third-order valence-electron chi connectivity index (χ3n) is 11.0. The fraction of sp³-hybridized carbons (Fsp3) is 0. The Labute approximate surface area is 331 Å². The van der Waals surface area contributed by atoms with Crippen molar-refractivity contribution in [2.45, 2.75) is 0 Å². The molecule has 0 saturated carbocycles. The van der Waals surface area contributed by atoms with E-state index in [-0.39, 0.29) is 0 Å². The Kier molecular flexibility index (Phi) is 7.09. The first-order chi connectivity index (χ1) is 28.7. The van der Waals surface area contributed by atoms with Gasteiger partial charge in [-0.2, -0.15) is 0 Å². The molecule has 0 saturated heterocycles. The van der Waals surface area contributed by atoms with Crippen molar-refractivity contribution < 1.29 is 13.3 Å². The minimum absolute atomic E-state index is 0.632. The van der Waals surface area contributed by atoms with E-state index in [0.717, 1.165) is 99.9 Å². The summed E-state index contributed by atoms with van der Waals surface area (Å²) in [5.41, 5.74) is 12.9. The molecular weight excluding hydrogens is 717 g/mol. The van der Waals surface area contributed by atoms with E-state index in [4.69, 9.17) is 28.2 Å². The fourth-order valence-corrected chi connectivity index (χ4v) is 8.09. The minimum Gasteiger partial charge on any atom is -0.438 e. The summed E-state index contributed by atoms with van der Waals surface area (Å²) in [5, 5.41) is 6.22. The molecule has 0 aliphatic carbocycles. The Bertz CT molecular complexity index is 3130. The number of hydrogen-bond acceptors (Lipinski definition) is 7. The van der Waals surface area contributed by atoms with Gasteiger partial charge in [-0.15, -0.1) is 0 Å². The van der Waals surface area contributed by atoms with Crippen LogP contribution in [0.15, 0.2) is 195 Å². The van der Waals surface area contributed by atoms with Crippen LogP contribution in [0.3, 0.4) is 0 Å². The highest BCUT2D eigenvalue weighted by atomic mass is 16.3. The maximum atomic E-state index is 6.11. The Hall–Kier alpha value is -8.03. The molecule has 12 aromatic rings. The van der Waals surface area contributed by atoms with Crippen LogP contribution in [0.2, 0.25) is 0 Å². The quantitative estimate of drug-likeness (QED) is 0.168. The van der Waals surface area contributed by atoms with E-state index >= 15 is 0 Å². The second kappa shape index (κ2) is 12.8. The maximum absolute atomic E-state index is 6.11. The maximum Gasteiger partial charge on any atom is 0.227 e. The van der Waals surface area contributed by atoms with Crippen molar-refractivity contribution in [1.29, 1.82) is 0 Å². The first-order valence-corrected chi connectivity index (χ1v) is 19.2. The summed E-state index contributed by atoms with van der Waals surface area (Å²) >= 11 is 0. The molecule has 7 heteroatoms. The number of pyridine rings is 3. The van der Waals surface area contributed by atoms with E-state index in [9.17, 15) is 0 Å². The van der Waals surface area contributed by atoms with Crippen molar-refractivity contribution >= 4 is 83.3 Å². The third kappa shape index (κ3) is 5.25. The van der Waals surface area contributed by atoms with Crippen LogP contribution in [0.4, 0.5) is 17.1 Å². The van der Waals surface area contributed by atoms with Gasteiger partial charge in [0.15, 0.2) is 0 Å². The molecule has 58 heavy (non-hydrogen) atoms. The lowest BCUT2D eigenvalue weighted by molar-refractivity contribution is 0.654. The van der Waals surface area contributed by atoms with Crippen molar-refractivity contribution in [3.05, 3.63) is 182 Å². The number of furan rings is 3. The molecule has 0 radical (unpaired) electrons. The van der Waals surface area contributed by atoms with Crippen LogP contribution < -0.4 is 4.90 Å². The van der Waals surface area contributed by atoms with E-state index < -0.39 is 0 Å². The lowest BCUT2D eigenvalue weighted by Crippen LogP contribution is -2.09. The van der Waals surface area contributed by atoms with Gasteiger partial charge in [0, 0.05) is 66.1 Å². The highest BCUT2D eigenvalue weighted by Crippen LogP contribution is 2.39. The summed E-state index contributed by atoms with van der Waals surface area (Å²) < 4.78 is 18.3. The zero-order chi connectivity index (χ0) is 38.2. The Morgan fingerprint density at radius 1 is 0.276 bits per heavy atom. The summed E-state index contributed by atoms with van der Waals surface area (Å²) in [6, 6.07) is 62.1. The molecule has 6 aromatic heterocycles. The number of aromatic nitrogens is 3. The third-order valence-corrected chi connectivity index (χ3v) is 11.0. The van der Waals surface area contributed by atoms with Crippen LogP contribution in [0, 0.1) is 0 Å². The lowest BCUT2D eigenvalue weighted by atomic mass is 10.1. The smallest absolute Gasteiger partial charge is 0.227 e. The summed E-state index contributed by atoms with van der Waals surface area (Å²) in [7, 11) is 0. The van der Waals surface area contributed by atoms with E-state index in [0.29, 0.717) is 17.1 Å². The average molecular weight is 747 g/mol. The first-order valence-electron chi connectivity index (χ1n) is 19.2. The largest absolute Gasteiger partial charge is 0.438 e. The minimum atomic E-state index is 0.632. The lowest BCUT2D eigenvalue weighted by Gasteiger charge is -2.26. The van der Waals surface area contributed by atoms with Crippen LogP contribution in [0.25, 0.3) is 100.0 Å². The molecule has 12 rings (SSSR count). The number of fused-ring (bicyclic) bond motifs is 9. The van der Waals surface area contributed by atoms with Gasteiger partial charge in [0.2, 0.25) is 17.1 Å². The molecule has 0 atom stereocenters. The van der Waals surface area contributed by atoms with Gasteiger partial charge >= 0.3 is 0 Å². The Morgan fingerprint density at radius 2 is 0.569 bits per heavy atom. The molecule has 0 N–H and O–H groups in total. The summed E-state index contributed by atoms with van der Waals surface area (Å²) in [6.07, 6.45) is 0. The van der Waals surface area contributed by atoms with Gasteiger partial charge in [0.25, 0.3) is 0 Å². The SMILES string of the molecule is c1ccc2c(c1)oc1nc(-c3ccc(N(c4ccc(-c5ccc6c(n5)oc5ccccc56)cc4)c4ccc(-c5ccc6c(n5)oc5ccccc56)cc4)cc3)ccc12. The van der Waals surface area contributed by atoms with Gasteiger partial charge in [0.1, 0.15) is 16.7 Å². The molecule has 0 aliphatic rings. The van der Waals surface area contributed by atoms with Crippen molar-refractivity contribution in [2.75, 3.05) is 4.90 Å². The number of benzene rings is 6. The van der Waals surface area contributed by atoms with Gasteiger partial charge in [-0.05, 0) is 91.0 Å². The normalized spacial score (nSPS) is 11.8. The summed E-state index contributed by atoms with van der Waals surface area (Å²) in [6.45, 7) is 0. The highest BCUT2D eigenvalue weighted by molar-refractivity contribution is 6.06. The number of nitrogens with zero attached hydrogens (tertiary/aromatic N) is 4. The summed E-state index contributed by atoms with van der Waals surface area (Å²) in [5.74, 6) is 0. The fourth-order valence-electron chi connectivity index (χ4n) is 8.09. The molecule has 0 fully saturated rings. The summed E-state index contributed by atoms with van der Waals surface area (Å²) in [4.78, 5) is 17.0. The molecule has 6 heterocycles. The Morgan fingerprint density at radius 3 is 0.879 bits per heavy atom. The standard InChI is InChI=1S/C51H30N4O3/c1-4-10-46-37(7-1)40-25-28-43(52-49(40)56-46)31-13-19-34(20-14-31)55(35-21-15-32(16-22-35)44-29-26-41-38-8-2-5-11-47(38)57-50(41)53-44)36-23-17-33(18-24-36)45-30-27-42-39-9-3-6-12-48(39)58-51(42)54-45/h1-30H. The van der Waals surface area contributed by atoms with Gasteiger partial charge < -0.3 is 18.2 Å². The second-order valence-corrected chi connectivity index (χ2v) is 14.4. The first kappa shape index (κ1) is 32.2. The molecule has 0 aliphatic heterocycles. The number of hydrogen-bond donors (Lipinski definition) is 0. The van der Waals surface area contributed by atoms with Gasteiger partial charge in [-0.1, -0.05) is 91.0 Å². The van der Waals surface area contributed by atoms with Crippen molar-refractivity contribution in [3.63, 3.8) is 0 Å². The Balaban J connectivity index is 0.911. The highest BCUT2D eigenvalue weighted by Gasteiger charge is 2.17. The zero-order valence-electron chi connectivity index (χ0n) is 30.8. The van der Waals surface area contributed by atoms with Crippen LogP contribution in [0.1, 0.15) is 0 Å². The number of rotatable bonds is 6. The van der Waals surface area contributed by atoms with Crippen molar-refractivity contribution in [3.8, 4) is 33.8 Å². The van der Waals surface area contributed by atoms with Gasteiger partial charge in [-0.25, -0.2) is 15.0 Å². The molecule has 0 bridgehead atoms. The predicted molar refractivity (Wildman–Crippen MR) is 233 cm³/mol. The monoisotopic (exact) mass is 746 g/mol. The van der Waals surface area contributed by atoms with Gasteiger partial charge in [0.05, 0.1) is 17.1 Å². The van der Waals surface area contributed by atoms with Crippen molar-refractivity contribution in [2.24, 2.45) is 0 Å². The molecule has 6 aromatic carbocycles. The van der Waals surface area contributed by atoms with Crippen LogP contribution >= 0.6 is 0 Å².